The number of hydrogen-bond donors (Lipinski definition) is 2. The number of rotatable bonds is 5. The van der Waals surface area contributed by atoms with Gasteiger partial charge in [0.1, 0.15) is 11.3 Å². The highest BCUT2D eigenvalue weighted by molar-refractivity contribution is 6.07. The van der Waals surface area contributed by atoms with Crippen molar-refractivity contribution >= 4 is 33.5 Å². The summed E-state index contributed by atoms with van der Waals surface area (Å²) in [5.41, 5.74) is 6.55. The van der Waals surface area contributed by atoms with Crippen molar-refractivity contribution in [3.63, 3.8) is 0 Å². The van der Waals surface area contributed by atoms with Crippen molar-refractivity contribution in [3.8, 4) is 5.69 Å². The number of aromatic nitrogens is 5. The molecule has 3 heterocycles. The zero-order valence-electron chi connectivity index (χ0n) is 16.4. The lowest BCUT2D eigenvalue weighted by Crippen LogP contribution is -2.44. The molecule has 0 aliphatic heterocycles. The highest BCUT2D eigenvalue weighted by Crippen LogP contribution is 2.28. The van der Waals surface area contributed by atoms with Crippen LogP contribution in [-0.2, 0) is 11.3 Å². The molecule has 0 saturated carbocycles. The van der Waals surface area contributed by atoms with Crippen molar-refractivity contribution in [2.75, 3.05) is 5.73 Å². The van der Waals surface area contributed by atoms with Gasteiger partial charge in [0.05, 0.1) is 23.1 Å². The number of anilines is 1. The Balaban J connectivity index is 1.67. The van der Waals surface area contributed by atoms with Crippen LogP contribution in [0.25, 0.3) is 27.5 Å². The van der Waals surface area contributed by atoms with Gasteiger partial charge in [-0.2, -0.15) is 10.2 Å². The van der Waals surface area contributed by atoms with E-state index >= 15 is 0 Å². The van der Waals surface area contributed by atoms with Crippen LogP contribution in [0.15, 0.2) is 42.9 Å². The zero-order chi connectivity index (χ0) is 20.8. The lowest BCUT2D eigenvalue weighted by atomic mass is 10.1. The van der Waals surface area contributed by atoms with E-state index in [1.165, 1.54) is 13.8 Å². The number of fused-ring (bicyclic) bond motifs is 3. The predicted octanol–water partition coefficient (Wildman–Crippen LogP) is 2.61. The molecule has 1 amide bonds. The number of hydrogen-bond acceptors (Lipinski definition) is 5. The van der Waals surface area contributed by atoms with E-state index in [1.54, 1.807) is 28.7 Å². The third-order valence-corrected chi connectivity index (χ3v) is 4.66. The van der Waals surface area contributed by atoms with E-state index in [4.69, 9.17) is 5.73 Å². The number of benzene rings is 1. The molecule has 4 aromatic rings. The standard InChI is InChI=1S/C20H22FN7O/c1-12(24-19(29)20(2,3)21)10-27-11-15-17(26-27)14-6-5-13(28-8-4-7-23-28)9-16(14)25-18(15)22/h4-9,11-12H,10H2,1-3H3,(H2,22,25)(H,24,29). The fourth-order valence-corrected chi connectivity index (χ4v) is 3.19. The van der Waals surface area contributed by atoms with Gasteiger partial charge in [-0.05, 0) is 45.0 Å². The highest BCUT2D eigenvalue weighted by atomic mass is 19.1. The van der Waals surface area contributed by atoms with Gasteiger partial charge in [0.2, 0.25) is 0 Å². The first-order chi connectivity index (χ1) is 13.7. The first kappa shape index (κ1) is 18.9. The Morgan fingerprint density at radius 1 is 1.34 bits per heavy atom. The molecule has 150 valence electrons. The van der Waals surface area contributed by atoms with Crippen LogP contribution >= 0.6 is 0 Å². The molecule has 0 bridgehead atoms. The second-order valence-corrected chi connectivity index (χ2v) is 7.61. The molecule has 0 fully saturated rings. The summed E-state index contributed by atoms with van der Waals surface area (Å²) in [6.45, 7) is 4.63. The Labute approximate surface area is 166 Å². The minimum atomic E-state index is -1.93. The molecule has 29 heavy (non-hydrogen) atoms. The first-order valence-corrected chi connectivity index (χ1v) is 9.28. The number of halogens is 1. The predicted molar refractivity (Wildman–Crippen MR) is 109 cm³/mol. The van der Waals surface area contributed by atoms with Crippen LogP contribution < -0.4 is 11.1 Å². The van der Waals surface area contributed by atoms with Crippen LogP contribution in [0.5, 0.6) is 0 Å². The number of nitrogens with zero attached hydrogens (tertiary/aromatic N) is 5. The number of carbonyl (C=O) groups excluding carboxylic acids is 1. The van der Waals surface area contributed by atoms with Gasteiger partial charge in [-0.3, -0.25) is 9.48 Å². The van der Waals surface area contributed by atoms with Crippen molar-refractivity contribution in [1.29, 1.82) is 0 Å². The molecule has 1 atom stereocenters. The van der Waals surface area contributed by atoms with Gasteiger partial charge in [-0.1, -0.05) is 0 Å². The van der Waals surface area contributed by atoms with E-state index in [9.17, 15) is 9.18 Å². The maximum absolute atomic E-state index is 13.7. The Morgan fingerprint density at radius 3 is 2.83 bits per heavy atom. The van der Waals surface area contributed by atoms with Crippen molar-refractivity contribution in [1.82, 2.24) is 29.9 Å². The molecule has 8 nitrogen and oxygen atoms in total. The van der Waals surface area contributed by atoms with Gasteiger partial charge in [0.25, 0.3) is 5.91 Å². The second kappa shape index (κ2) is 6.84. The number of alkyl halides is 1. The van der Waals surface area contributed by atoms with Crippen molar-refractivity contribution < 1.29 is 9.18 Å². The molecule has 0 aliphatic carbocycles. The molecule has 3 N–H and O–H groups in total. The van der Waals surface area contributed by atoms with Crippen LogP contribution in [0, 0.1) is 0 Å². The van der Waals surface area contributed by atoms with Gasteiger partial charge in [0, 0.05) is 30.0 Å². The fraction of sp³-hybridized carbons (Fsp3) is 0.300. The molecule has 0 radical (unpaired) electrons. The van der Waals surface area contributed by atoms with Crippen LogP contribution in [0.1, 0.15) is 20.8 Å². The highest BCUT2D eigenvalue weighted by Gasteiger charge is 2.27. The molecule has 1 aromatic carbocycles. The fourth-order valence-electron chi connectivity index (χ4n) is 3.19. The van der Waals surface area contributed by atoms with E-state index in [1.807, 2.05) is 30.5 Å². The molecule has 9 heteroatoms. The topological polar surface area (TPSA) is 104 Å². The number of pyridine rings is 1. The van der Waals surface area contributed by atoms with Crippen molar-refractivity contribution in [3.05, 3.63) is 42.9 Å². The normalized spacial score (nSPS) is 13.1. The summed E-state index contributed by atoms with van der Waals surface area (Å²) in [4.78, 5) is 16.4. The third-order valence-electron chi connectivity index (χ3n) is 4.66. The minimum Gasteiger partial charge on any atom is -0.383 e. The van der Waals surface area contributed by atoms with Gasteiger partial charge in [-0.15, -0.1) is 0 Å². The average Bonchev–Trinajstić information content (AvgIpc) is 3.30. The Bertz CT molecular complexity index is 1190. The lowest BCUT2D eigenvalue weighted by Gasteiger charge is -2.19. The van der Waals surface area contributed by atoms with Crippen LogP contribution in [0.2, 0.25) is 0 Å². The number of amides is 1. The number of nitrogens with two attached hydrogens (primary N) is 1. The molecule has 1 unspecified atom stereocenters. The number of carbonyl (C=O) groups is 1. The van der Waals surface area contributed by atoms with Gasteiger partial charge < -0.3 is 11.1 Å². The first-order valence-electron chi connectivity index (χ1n) is 9.28. The summed E-state index contributed by atoms with van der Waals surface area (Å²) in [5.74, 6) is -0.280. The molecule has 4 rings (SSSR count). The SMILES string of the molecule is CC(Cn1cc2c(N)nc3cc(-n4cccn4)ccc3c2n1)NC(=O)C(C)(C)F. The molecule has 3 aromatic heterocycles. The number of nitrogen functional groups attached to an aromatic ring is 1. The summed E-state index contributed by atoms with van der Waals surface area (Å²) in [5, 5.41) is 13.1. The maximum Gasteiger partial charge on any atom is 0.257 e. The van der Waals surface area contributed by atoms with E-state index in [2.05, 4.69) is 20.5 Å². The average molecular weight is 395 g/mol. The lowest BCUT2D eigenvalue weighted by molar-refractivity contribution is -0.131. The van der Waals surface area contributed by atoms with Crippen molar-refractivity contribution in [2.45, 2.75) is 39.0 Å². The smallest absolute Gasteiger partial charge is 0.257 e. The molecular weight excluding hydrogens is 373 g/mol. The summed E-state index contributed by atoms with van der Waals surface area (Å²) in [6, 6.07) is 7.33. The molecular formula is C20H22FN7O. The number of nitrogens with one attached hydrogen (secondary N) is 1. The summed E-state index contributed by atoms with van der Waals surface area (Å²) < 4.78 is 17.2. The molecule has 0 aliphatic rings. The Hall–Kier alpha value is -3.49. The Kier molecular flexibility index (Phi) is 4.45. The van der Waals surface area contributed by atoms with Crippen LogP contribution in [0.4, 0.5) is 10.2 Å². The van der Waals surface area contributed by atoms with Crippen LogP contribution in [0.3, 0.4) is 0 Å². The summed E-state index contributed by atoms with van der Waals surface area (Å²) in [7, 11) is 0. The Morgan fingerprint density at radius 2 is 2.14 bits per heavy atom. The monoisotopic (exact) mass is 395 g/mol. The molecule has 0 saturated heterocycles. The van der Waals surface area contributed by atoms with E-state index in [0.717, 1.165) is 22.0 Å². The van der Waals surface area contributed by atoms with Crippen LogP contribution in [-0.4, -0.2) is 42.2 Å². The minimum absolute atomic E-state index is 0.307. The summed E-state index contributed by atoms with van der Waals surface area (Å²) in [6.07, 6.45) is 5.36. The summed E-state index contributed by atoms with van der Waals surface area (Å²) >= 11 is 0. The second-order valence-electron chi connectivity index (χ2n) is 7.61. The third kappa shape index (κ3) is 3.63. The zero-order valence-corrected chi connectivity index (χ0v) is 16.4. The van der Waals surface area contributed by atoms with Gasteiger partial charge in [-0.25, -0.2) is 14.1 Å². The maximum atomic E-state index is 13.7. The van der Waals surface area contributed by atoms with E-state index in [-0.39, 0.29) is 6.04 Å². The molecule has 0 spiro atoms. The van der Waals surface area contributed by atoms with Gasteiger partial charge >= 0.3 is 0 Å². The van der Waals surface area contributed by atoms with E-state index in [0.29, 0.717) is 17.9 Å². The largest absolute Gasteiger partial charge is 0.383 e. The van der Waals surface area contributed by atoms with E-state index < -0.39 is 11.6 Å². The quantitative estimate of drug-likeness (QED) is 0.541. The van der Waals surface area contributed by atoms with Gasteiger partial charge in [0.15, 0.2) is 5.67 Å². The van der Waals surface area contributed by atoms with Crippen molar-refractivity contribution in [2.24, 2.45) is 0 Å².